The van der Waals surface area contributed by atoms with Crippen LogP contribution in [0.4, 0.5) is 0 Å². The van der Waals surface area contributed by atoms with Gasteiger partial charge in [-0.15, -0.1) is 0 Å². The average Bonchev–Trinajstić information content (AvgIpc) is 3.08. The van der Waals surface area contributed by atoms with E-state index in [0.717, 1.165) is 6.42 Å². The van der Waals surface area contributed by atoms with Gasteiger partial charge in [-0.25, -0.2) is 9.59 Å². The molecule has 0 aliphatic carbocycles. The van der Waals surface area contributed by atoms with Crippen LogP contribution >= 0.6 is 11.8 Å². The van der Waals surface area contributed by atoms with Gasteiger partial charge < -0.3 is 25.1 Å². The maximum Gasteiger partial charge on any atom is 0.338 e. The second kappa shape index (κ2) is 10.2. The number of esters is 2. The normalized spacial score (nSPS) is 20.1. The van der Waals surface area contributed by atoms with Crippen LogP contribution in [0.3, 0.4) is 0 Å². The number of ether oxygens (including phenoxy) is 3. The number of benzene rings is 1. The van der Waals surface area contributed by atoms with Crippen LogP contribution in [0.15, 0.2) is 40.2 Å². The van der Waals surface area contributed by atoms with Crippen molar-refractivity contribution >= 4 is 29.6 Å². The Kier molecular flexibility index (Phi) is 7.57. The lowest BCUT2D eigenvalue weighted by Crippen LogP contribution is -2.40. The first kappa shape index (κ1) is 24.5. The molecule has 10 heteroatoms. The number of hydrogen-bond acceptors (Lipinski definition) is 9. The topological polar surface area (TPSA) is 128 Å². The van der Waals surface area contributed by atoms with Crippen molar-refractivity contribution < 1.29 is 33.7 Å². The van der Waals surface area contributed by atoms with Crippen molar-refractivity contribution in [3.8, 4) is 11.5 Å². The zero-order chi connectivity index (χ0) is 24.3. The van der Waals surface area contributed by atoms with Crippen LogP contribution in [0.2, 0.25) is 0 Å². The molecule has 2 heterocycles. The van der Waals surface area contributed by atoms with Crippen molar-refractivity contribution in [2.45, 2.75) is 44.8 Å². The van der Waals surface area contributed by atoms with Gasteiger partial charge in [0.1, 0.15) is 5.82 Å². The van der Waals surface area contributed by atoms with E-state index in [2.05, 4.69) is 0 Å². The fourth-order valence-electron chi connectivity index (χ4n) is 3.73. The first-order valence-electron chi connectivity index (χ1n) is 10.7. The van der Waals surface area contributed by atoms with Crippen LogP contribution < -0.4 is 10.5 Å². The highest BCUT2D eigenvalue weighted by molar-refractivity contribution is 8.04. The highest BCUT2D eigenvalue weighted by atomic mass is 32.2. The molecule has 0 radical (unpaired) electrons. The Balaban J connectivity index is 2.25. The predicted molar refractivity (Wildman–Crippen MR) is 122 cm³/mol. The van der Waals surface area contributed by atoms with E-state index in [1.54, 1.807) is 19.9 Å². The van der Waals surface area contributed by atoms with Crippen molar-refractivity contribution in [1.82, 2.24) is 4.90 Å². The van der Waals surface area contributed by atoms with Gasteiger partial charge in [-0.3, -0.25) is 9.69 Å². The molecule has 0 unspecified atom stereocenters. The summed E-state index contributed by atoms with van der Waals surface area (Å²) in [5.74, 6) is -2.75. The summed E-state index contributed by atoms with van der Waals surface area (Å²) in [4.78, 5) is 40.5. The van der Waals surface area contributed by atoms with Crippen molar-refractivity contribution in [3.63, 3.8) is 0 Å². The van der Waals surface area contributed by atoms with Crippen LogP contribution in [-0.4, -0.2) is 53.4 Å². The zero-order valence-corrected chi connectivity index (χ0v) is 19.9. The number of hydrogen-bond donors (Lipinski definition) is 2. The Hall–Kier alpha value is -3.14. The lowest BCUT2D eigenvalue weighted by molar-refractivity contribution is -0.140. The molecule has 1 aromatic rings. The number of carbonyl (C=O) groups excluding carboxylic acids is 3. The molecule has 1 aromatic carbocycles. The van der Waals surface area contributed by atoms with Crippen LogP contribution in [0.25, 0.3) is 0 Å². The number of phenolic OH excluding ortho intramolecular Hbond substituents is 1. The summed E-state index contributed by atoms with van der Waals surface area (Å²) in [5, 5.41) is 9.89. The van der Waals surface area contributed by atoms with Gasteiger partial charge in [0.05, 0.1) is 47.7 Å². The summed E-state index contributed by atoms with van der Waals surface area (Å²) in [6, 6.07) is 4.49. The molecule has 9 nitrogen and oxygen atoms in total. The molecule has 1 fully saturated rings. The van der Waals surface area contributed by atoms with Crippen molar-refractivity contribution in [3.05, 3.63) is 45.8 Å². The van der Waals surface area contributed by atoms with E-state index in [-0.39, 0.29) is 47.6 Å². The summed E-state index contributed by atoms with van der Waals surface area (Å²) >= 11 is 1.18. The van der Waals surface area contributed by atoms with E-state index < -0.39 is 23.1 Å². The summed E-state index contributed by atoms with van der Waals surface area (Å²) in [6.45, 7) is 5.60. The Morgan fingerprint density at radius 2 is 1.88 bits per heavy atom. The standard InChI is InChI=1S/C23H28N2O7S/c1-5-7-10-32-22(28)17-16(13-8-9-14(26)15(11-13)30-4)18(23(29)31-6-2)21-25(19(17)24)20(27)12(3)33-21/h8-9,11-12,16,26H,5-7,10,24H2,1-4H3/t12-,16-/m0/s1. The van der Waals surface area contributed by atoms with Crippen LogP contribution in [0, 0.1) is 0 Å². The number of unbranched alkanes of at least 4 members (excludes halogenated alkanes) is 1. The largest absolute Gasteiger partial charge is 0.504 e. The highest BCUT2D eigenvalue weighted by Gasteiger charge is 2.49. The van der Waals surface area contributed by atoms with Gasteiger partial charge in [0, 0.05) is 0 Å². The number of rotatable bonds is 8. The van der Waals surface area contributed by atoms with Gasteiger partial charge in [0.15, 0.2) is 11.5 Å². The molecule has 3 N–H and O–H groups in total. The molecule has 2 aliphatic rings. The van der Waals surface area contributed by atoms with Crippen molar-refractivity contribution in [2.75, 3.05) is 20.3 Å². The molecule has 0 aromatic heterocycles. The molecule has 1 saturated heterocycles. The molecule has 0 bridgehead atoms. The Morgan fingerprint density at radius 3 is 2.52 bits per heavy atom. The molecule has 0 saturated carbocycles. The number of amides is 1. The van der Waals surface area contributed by atoms with E-state index in [1.165, 1.54) is 35.9 Å². The second-order valence-corrected chi connectivity index (χ2v) is 8.86. The third-order valence-electron chi connectivity index (χ3n) is 5.37. The SMILES string of the molecule is CCCCOC(=O)C1=C(N)N2C(=O)[C@H](C)SC2=C(C(=O)OCC)[C@H]1c1ccc(O)c(OC)c1. The fourth-order valence-corrected chi connectivity index (χ4v) is 4.89. The maximum atomic E-state index is 13.2. The number of aromatic hydroxyl groups is 1. The highest BCUT2D eigenvalue weighted by Crippen LogP contribution is 2.50. The minimum Gasteiger partial charge on any atom is -0.504 e. The number of thioether (sulfide) groups is 1. The average molecular weight is 477 g/mol. The number of methoxy groups -OCH3 is 1. The van der Waals surface area contributed by atoms with Gasteiger partial charge >= 0.3 is 11.9 Å². The quantitative estimate of drug-likeness (QED) is 0.430. The fraction of sp³-hybridized carbons (Fsp3) is 0.435. The molecular weight excluding hydrogens is 448 g/mol. The van der Waals surface area contributed by atoms with E-state index in [9.17, 15) is 19.5 Å². The third kappa shape index (κ3) is 4.52. The maximum absolute atomic E-state index is 13.2. The molecule has 3 rings (SSSR count). The summed E-state index contributed by atoms with van der Waals surface area (Å²) < 4.78 is 16.0. The van der Waals surface area contributed by atoms with E-state index in [4.69, 9.17) is 19.9 Å². The van der Waals surface area contributed by atoms with Crippen LogP contribution in [0.5, 0.6) is 11.5 Å². The van der Waals surface area contributed by atoms with Gasteiger partial charge in [0.2, 0.25) is 5.91 Å². The molecular formula is C23H28N2O7S. The molecule has 0 spiro atoms. The first-order valence-corrected chi connectivity index (χ1v) is 11.6. The molecule has 2 aliphatic heterocycles. The number of nitrogens with zero attached hydrogens (tertiary/aromatic N) is 1. The monoisotopic (exact) mass is 476 g/mol. The number of fused-ring (bicyclic) bond motifs is 1. The van der Waals surface area contributed by atoms with Gasteiger partial charge in [-0.05, 0) is 38.0 Å². The summed E-state index contributed by atoms with van der Waals surface area (Å²) in [7, 11) is 1.39. The zero-order valence-electron chi connectivity index (χ0n) is 19.0. The first-order chi connectivity index (χ1) is 15.8. The number of carbonyl (C=O) groups is 3. The predicted octanol–water partition coefficient (Wildman–Crippen LogP) is 2.75. The molecule has 1 amide bonds. The third-order valence-corrected chi connectivity index (χ3v) is 6.55. The smallest absolute Gasteiger partial charge is 0.338 e. The molecule has 178 valence electrons. The van der Waals surface area contributed by atoms with E-state index in [1.807, 2.05) is 6.92 Å². The van der Waals surface area contributed by atoms with Gasteiger partial charge in [0.25, 0.3) is 0 Å². The van der Waals surface area contributed by atoms with Crippen LogP contribution in [-0.2, 0) is 23.9 Å². The number of phenols is 1. The lowest BCUT2D eigenvalue weighted by atomic mass is 9.82. The lowest BCUT2D eigenvalue weighted by Gasteiger charge is -2.33. The summed E-state index contributed by atoms with van der Waals surface area (Å²) in [6.07, 6.45) is 1.47. The van der Waals surface area contributed by atoms with Crippen molar-refractivity contribution in [1.29, 1.82) is 0 Å². The minimum atomic E-state index is -0.982. The molecule has 2 atom stereocenters. The van der Waals surface area contributed by atoms with Gasteiger partial charge in [-0.2, -0.15) is 0 Å². The Morgan fingerprint density at radius 1 is 1.18 bits per heavy atom. The van der Waals surface area contributed by atoms with Crippen molar-refractivity contribution in [2.24, 2.45) is 5.73 Å². The second-order valence-electron chi connectivity index (χ2n) is 7.53. The minimum absolute atomic E-state index is 0.0336. The Bertz CT molecular complexity index is 1030. The van der Waals surface area contributed by atoms with E-state index >= 15 is 0 Å². The number of nitrogens with two attached hydrogens (primary N) is 1. The van der Waals surface area contributed by atoms with E-state index in [0.29, 0.717) is 17.0 Å². The Labute approximate surface area is 196 Å². The van der Waals surface area contributed by atoms with Crippen LogP contribution in [0.1, 0.15) is 45.1 Å². The summed E-state index contributed by atoms with van der Waals surface area (Å²) in [5.41, 5.74) is 6.93. The van der Waals surface area contributed by atoms with Gasteiger partial charge in [-0.1, -0.05) is 31.2 Å². The molecule has 33 heavy (non-hydrogen) atoms.